The smallest absolute Gasteiger partial charge is 0.320 e. The van der Waals surface area contributed by atoms with Gasteiger partial charge in [-0.15, -0.1) is 0 Å². The minimum absolute atomic E-state index is 0.166. The van der Waals surface area contributed by atoms with E-state index in [0.717, 1.165) is 6.07 Å². The van der Waals surface area contributed by atoms with Crippen LogP contribution < -0.4 is 10.6 Å². The molecular weight excluding hydrogens is 492 g/mol. The van der Waals surface area contributed by atoms with E-state index in [0.29, 0.717) is 43.2 Å². The molecule has 0 saturated carbocycles. The van der Waals surface area contributed by atoms with E-state index in [9.17, 15) is 13.6 Å². The van der Waals surface area contributed by atoms with Gasteiger partial charge in [0.2, 0.25) is 0 Å². The summed E-state index contributed by atoms with van der Waals surface area (Å²) in [6, 6.07) is 11.8. The van der Waals surface area contributed by atoms with Crippen LogP contribution in [0, 0.1) is 11.6 Å². The molecule has 36 heavy (non-hydrogen) atoms. The molecule has 8 nitrogen and oxygen atoms in total. The van der Waals surface area contributed by atoms with E-state index in [1.54, 1.807) is 7.11 Å². The molecule has 2 amide bonds. The van der Waals surface area contributed by atoms with Crippen LogP contribution in [0.1, 0.15) is 17.2 Å². The van der Waals surface area contributed by atoms with Crippen LogP contribution in [0.15, 0.2) is 48.5 Å². The van der Waals surface area contributed by atoms with E-state index in [4.69, 9.17) is 21.1 Å². The van der Waals surface area contributed by atoms with Crippen LogP contribution in [0.3, 0.4) is 0 Å². The van der Waals surface area contributed by atoms with Crippen molar-refractivity contribution in [3.63, 3.8) is 0 Å². The summed E-state index contributed by atoms with van der Waals surface area (Å²) >= 11 is 6.55. The van der Waals surface area contributed by atoms with Crippen LogP contribution in [-0.4, -0.2) is 67.2 Å². The molecule has 4 rings (SSSR count). The lowest BCUT2D eigenvalue weighted by Crippen LogP contribution is -2.42. The predicted molar refractivity (Wildman–Crippen MR) is 133 cm³/mol. The van der Waals surface area contributed by atoms with Crippen LogP contribution in [0.4, 0.5) is 19.4 Å². The topological polar surface area (TPSA) is 80.7 Å². The number of nitrogens with one attached hydrogen (secondary N) is 2. The van der Waals surface area contributed by atoms with Crippen molar-refractivity contribution in [2.24, 2.45) is 0 Å². The SMILES string of the molecule is COCCN1CC(NC(=O)Nc2c(Cl)c(COC)nn2-c2ccccc2)C(c2cc(F)cc(F)c2)C1. The molecule has 1 aromatic heterocycles. The van der Waals surface area contributed by atoms with Gasteiger partial charge in [-0.05, 0) is 29.8 Å². The third-order valence-corrected chi connectivity index (χ3v) is 6.44. The number of anilines is 1. The van der Waals surface area contributed by atoms with Gasteiger partial charge in [0.15, 0.2) is 5.82 Å². The first-order valence-electron chi connectivity index (χ1n) is 11.5. The number of urea groups is 1. The van der Waals surface area contributed by atoms with Gasteiger partial charge in [0, 0.05) is 45.8 Å². The maximum atomic E-state index is 14.0. The average molecular weight is 520 g/mol. The molecule has 2 unspecified atom stereocenters. The third-order valence-electron chi connectivity index (χ3n) is 6.04. The van der Waals surface area contributed by atoms with Crippen LogP contribution in [0.2, 0.25) is 5.02 Å². The second-order valence-electron chi connectivity index (χ2n) is 8.56. The molecule has 1 saturated heterocycles. The van der Waals surface area contributed by atoms with Crippen molar-refractivity contribution >= 4 is 23.4 Å². The van der Waals surface area contributed by atoms with Gasteiger partial charge in [-0.1, -0.05) is 29.8 Å². The van der Waals surface area contributed by atoms with E-state index < -0.39 is 23.7 Å². The zero-order valence-corrected chi connectivity index (χ0v) is 20.8. The van der Waals surface area contributed by atoms with Crippen LogP contribution in [0.5, 0.6) is 0 Å². The first-order valence-corrected chi connectivity index (χ1v) is 11.8. The molecule has 3 aromatic rings. The Morgan fingerprint density at radius 2 is 1.83 bits per heavy atom. The Morgan fingerprint density at radius 1 is 1.11 bits per heavy atom. The number of hydrogen-bond acceptors (Lipinski definition) is 5. The van der Waals surface area contributed by atoms with Gasteiger partial charge in [0.05, 0.1) is 24.9 Å². The summed E-state index contributed by atoms with van der Waals surface area (Å²) in [5.74, 6) is -1.35. The molecule has 0 aliphatic carbocycles. The lowest BCUT2D eigenvalue weighted by Gasteiger charge is -2.21. The Morgan fingerprint density at radius 3 is 2.50 bits per heavy atom. The number of likely N-dealkylation sites (tertiary alicyclic amines) is 1. The van der Waals surface area contributed by atoms with Crippen LogP contribution in [0.25, 0.3) is 5.69 Å². The number of ether oxygens (including phenoxy) is 2. The molecule has 0 spiro atoms. The molecule has 2 heterocycles. The van der Waals surface area contributed by atoms with Gasteiger partial charge in [0.1, 0.15) is 22.4 Å². The second kappa shape index (κ2) is 11.8. The zero-order valence-electron chi connectivity index (χ0n) is 20.0. The Labute approximate surface area is 213 Å². The number of para-hydroxylation sites is 1. The average Bonchev–Trinajstić information content (AvgIpc) is 3.39. The van der Waals surface area contributed by atoms with Crippen molar-refractivity contribution < 1.29 is 23.0 Å². The van der Waals surface area contributed by atoms with Crippen molar-refractivity contribution in [2.75, 3.05) is 45.8 Å². The molecule has 0 radical (unpaired) electrons. The number of carbonyl (C=O) groups excluding carboxylic acids is 1. The number of methoxy groups -OCH3 is 2. The lowest BCUT2D eigenvalue weighted by atomic mass is 9.94. The first kappa shape index (κ1) is 26.0. The normalized spacial score (nSPS) is 17.9. The van der Waals surface area contributed by atoms with Crippen LogP contribution >= 0.6 is 11.6 Å². The largest absolute Gasteiger partial charge is 0.383 e. The molecule has 2 aromatic carbocycles. The highest BCUT2D eigenvalue weighted by atomic mass is 35.5. The molecular formula is C25H28ClF2N5O3. The number of hydrogen-bond donors (Lipinski definition) is 2. The lowest BCUT2D eigenvalue weighted by molar-refractivity contribution is 0.159. The molecule has 1 fully saturated rings. The summed E-state index contributed by atoms with van der Waals surface area (Å²) < 4.78 is 39.8. The molecule has 2 N–H and O–H groups in total. The summed E-state index contributed by atoms with van der Waals surface area (Å²) in [6.45, 7) is 2.28. The van der Waals surface area contributed by atoms with Crippen molar-refractivity contribution in [3.8, 4) is 5.69 Å². The number of aromatic nitrogens is 2. The number of carbonyl (C=O) groups is 1. The highest BCUT2D eigenvalue weighted by Crippen LogP contribution is 2.31. The number of rotatable bonds is 9. The molecule has 0 bridgehead atoms. The highest BCUT2D eigenvalue weighted by Gasteiger charge is 2.35. The first-order chi connectivity index (χ1) is 17.4. The fourth-order valence-corrected chi connectivity index (χ4v) is 4.63. The highest BCUT2D eigenvalue weighted by molar-refractivity contribution is 6.34. The minimum Gasteiger partial charge on any atom is -0.383 e. The molecule has 11 heteroatoms. The Bertz CT molecular complexity index is 1170. The number of nitrogens with zero attached hydrogens (tertiary/aromatic N) is 3. The summed E-state index contributed by atoms with van der Waals surface area (Å²) in [7, 11) is 3.14. The summed E-state index contributed by atoms with van der Waals surface area (Å²) in [6.07, 6.45) is 0. The summed E-state index contributed by atoms with van der Waals surface area (Å²) in [4.78, 5) is 15.2. The van der Waals surface area contributed by atoms with Gasteiger partial charge in [0.25, 0.3) is 0 Å². The Kier molecular flexibility index (Phi) is 8.52. The Balaban J connectivity index is 1.57. The quantitative estimate of drug-likeness (QED) is 0.443. The maximum absolute atomic E-state index is 14.0. The third kappa shape index (κ3) is 6.01. The summed E-state index contributed by atoms with van der Waals surface area (Å²) in [5, 5.41) is 10.5. The van der Waals surface area contributed by atoms with E-state index in [2.05, 4.69) is 20.6 Å². The summed E-state index contributed by atoms with van der Waals surface area (Å²) in [5.41, 5.74) is 1.65. The number of benzene rings is 2. The number of amides is 2. The Hall–Kier alpha value is -3.05. The van der Waals surface area contributed by atoms with E-state index >= 15 is 0 Å². The van der Waals surface area contributed by atoms with Crippen molar-refractivity contribution in [2.45, 2.75) is 18.6 Å². The minimum atomic E-state index is -0.659. The van der Waals surface area contributed by atoms with E-state index in [-0.39, 0.29) is 23.4 Å². The van der Waals surface area contributed by atoms with E-state index in [1.807, 2.05) is 30.3 Å². The van der Waals surface area contributed by atoms with Gasteiger partial charge in [-0.2, -0.15) is 5.10 Å². The molecule has 2 atom stereocenters. The second-order valence-corrected chi connectivity index (χ2v) is 8.93. The zero-order chi connectivity index (χ0) is 25.7. The fourth-order valence-electron chi connectivity index (χ4n) is 4.41. The predicted octanol–water partition coefficient (Wildman–Crippen LogP) is 4.19. The molecule has 1 aliphatic heterocycles. The van der Waals surface area contributed by atoms with Gasteiger partial charge in [-0.3, -0.25) is 10.2 Å². The maximum Gasteiger partial charge on any atom is 0.320 e. The van der Waals surface area contributed by atoms with Crippen molar-refractivity contribution in [1.82, 2.24) is 20.0 Å². The monoisotopic (exact) mass is 519 g/mol. The van der Waals surface area contributed by atoms with Gasteiger partial charge >= 0.3 is 6.03 Å². The molecule has 1 aliphatic rings. The molecule has 192 valence electrons. The van der Waals surface area contributed by atoms with Gasteiger partial charge < -0.3 is 14.8 Å². The van der Waals surface area contributed by atoms with E-state index in [1.165, 1.54) is 23.9 Å². The number of halogens is 3. The van der Waals surface area contributed by atoms with Gasteiger partial charge in [-0.25, -0.2) is 18.3 Å². The van der Waals surface area contributed by atoms with Crippen LogP contribution in [-0.2, 0) is 16.1 Å². The fraction of sp³-hybridized carbons (Fsp3) is 0.360. The standard InChI is InChI=1S/C25H28ClF2N5O3/c1-35-9-8-32-13-20(16-10-17(27)12-18(28)11-16)21(14-32)29-25(34)30-24-23(26)22(15-36-2)31-33(24)19-6-4-3-5-7-19/h3-7,10-12,20-21H,8-9,13-15H2,1-2H3,(H2,29,30,34). The van der Waals surface area contributed by atoms with Crippen molar-refractivity contribution in [1.29, 1.82) is 0 Å². The van der Waals surface area contributed by atoms with Crippen molar-refractivity contribution in [3.05, 3.63) is 76.4 Å².